The Bertz CT molecular complexity index is 1310. The molecule has 0 spiro atoms. The lowest BCUT2D eigenvalue weighted by Crippen LogP contribution is -2.50. The molecule has 1 aromatic carbocycles. The van der Waals surface area contributed by atoms with Gasteiger partial charge in [-0.3, -0.25) is 19.9 Å². The molecule has 4 N–H and O–H groups in total. The summed E-state index contributed by atoms with van der Waals surface area (Å²) in [6.45, 7) is 2.90. The number of piperazine rings is 1. The van der Waals surface area contributed by atoms with Gasteiger partial charge >= 0.3 is 0 Å². The van der Waals surface area contributed by atoms with Crippen LogP contribution < -0.4 is 20.7 Å². The van der Waals surface area contributed by atoms with Crippen LogP contribution in [-0.4, -0.2) is 65.4 Å². The Morgan fingerprint density at radius 2 is 2.06 bits per heavy atom. The second kappa shape index (κ2) is 8.47. The zero-order chi connectivity index (χ0) is 23.4. The maximum absolute atomic E-state index is 13.1. The number of carbonyl (C=O) groups is 2. The smallest absolute Gasteiger partial charge is 0.264 e. The number of ether oxygens (including phenoxy) is 1. The number of benzene rings is 1. The average Bonchev–Trinajstić information content (AvgIpc) is 3.54. The number of aliphatic hydroxyl groups is 1. The quantitative estimate of drug-likeness (QED) is 0.430. The molecule has 3 aliphatic heterocycles. The van der Waals surface area contributed by atoms with Gasteiger partial charge in [0.25, 0.3) is 5.91 Å². The first-order valence-corrected chi connectivity index (χ1v) is 12.3. The monoisotopic (exact) mass is 499 g/mol. The molecule has 34 heavy (non-hydrogen) atoms. The van der Waals surface area contributed by atoms with Gasteiger partial charge in [-0.05, 0) is 24.3 Å². The van der Waals surface area contributed by atoms with Crippen molar-refractivity contribution in [3.05, 3.63) is 45.9 Å². The van der Waals surface area contributed by atoms with Gasteiger partial charge in [0.2, 0.25) is 5.91 Å². The molecule has 3 atom stereocenters. The van der Waals surface area contributed by atoms with Crippen LogP contribution in [0.2, 0.25) is 5.02 Å². The van der Waals surface area contributed by atoms with Crippen LogP contribution in [-0.2, 0) is 16.0 Å². The predicted octanol–water partition coefficient (Wildman–Crippen LogP) is 1.39. The summed E-state index contributed by atoms with van der Waals surface area (Å²) in [5, 5.41) is 18.8. The minimum atomic E-state index is -1.08. The minimum absolute atomic E-state index is 0.00469. The van der Waals surface area contributed by atoms with Crippen molar-refractivity contribution in [2.24, 2.45) is 0 Å². The lowest BCUT2D eigenvalue weighted by atomic mass is 10.0. The minimum Gasteiger partial charge on any atom is -0.479 e. The van der Waals surface area contributed by atoms with Gasteiger partial charge in [-0.15, -0.1) is 11.3 Å². The average molecular weight is 500 g/mol. The van der Waals surface area contributed by atoms with Crippen molar-refractivity contribution in [2.75, 3.05) is 26.2 Å². The first-order chi connectivity index (χ1) is 16.5. The Morgan fingerprint density at radius 3 is 2.82 bits per heavy atom. The number of nitrogens with zero attached hydrogens (tertiary/aromatic N) is 2. The van der Waals surface area contributed by atoms with E-state index in [9.17, 15) is 14.7 Å². The van der Waals surface area contributed by atoms with Crippen LogP contribution in [0.5, 0.6) is 5.75 Å². The fourth-order valence-corrected chi connectivity index (χ4v) is 6.21. The molecule has 2 fully saturated rings. The maximum atomic E-state index is 13.1. The van der Waals surface area contributed by atoms with Gasteiger partial charge in [0.05, 0.1) is 10.2 Å². The second-order valence-corrected chi connectivity index (χ2v) is 10.1. The largest absolute Gasteiger partial charge is 0.479 e. The molecule has 0 radical (unpaired) electrons. The summed E-state index contributed by atoms with van der Waals surface area (Å²) in [6, 6.07) is 6.79. The number of aromatic nitrogens is 1. The molecule has 176 valence electrons. The van der Waals surface area contributed by atoms with Crippen LogP contribution in [0.1, 0.15) is 16.5 Å². The van der Waals surface area contributed by atoms with E-state index >= 15 is 0 Å². The van der Waals surface area contributed by atoms with Gasteiger partial charge in [0.1, 0.15) is 11.8 Å². The lowest BCUT2D eigenvalue weighted by Gasteiger charge is -2.29. The molecule has 3 aliphatic rings. The molecule has 0 bridgehead atoms. The van der Waals surface area contributed by atoms with E-state index in [1.165, 1.54) is 11.3 Å². The number of aliphatic hydroxyl groups excluding tert-OH is 1. The number of carbonyl (C=O) groups excluding carboxylic acids is 2. The standard InChI is InChI=1S/C23H22ClN5O4S/c24-12-7-11-8-16(22(31)29-5-3-25-4-6-29)33-19(11)14(9-12)13-1-2-26-15-10-17(34-20(13)15)18-21(30)28-23(32)27-18/h1-2,7,9-10,16,18,23,25,27,32H,3-6,8H2,(H,28,30). The van der Waals surface area contributed by atoms with Gasteiger partial charge in [0, 0.05) is 65.4 Å². The van der Waals surface area contributed by atoms with Crippen LogP contribution in [0.15, 0.2) is 30.5 Å². The predicted molar refractivity (Wildman–Crippen MR) is 128 cm³/mol. The van der Waals surface area contributed by atoms with E-state index < -0.39 is 18.5 Å². The molecule has 6 rings (SSSR count). The van der Waals surface area contributed by atoms with Crippen molar-refractivity contribution in [1.82, 2.24) is 25.8 Å². The Balaban J connectivity index is 1.37. The Labute approximate surface area is 204 Å². The molecule has 3 aromatic rings. The van der Waals surface area contributed by atoms with Crippen molar-refractivity contribution < 1.29 is 19.4 Å². The molecule has 3 unspecified atom stereocenters. The number of amides is 2. The summed E-state index contributed by atoms with van der Waals surface area (Å²) in [4.78, 5) is 32.4. The number of hydrogen-bond donors (Lipinski definition) is 4. The number of pyridine rings is 1. The van der Waals surface area contributed by atoms with Crippen molar-refractivity contribution in [3.63, 3.8) is 0 Å². The summed E-state index contributed by atoms with van der Waals surface area (Å²) in [7, 11) is 0. The summed E-state index contributed by atoms with van der Waals surface area (Å²) in [5.41, 5.74) is 3.29. The van der Waals surface area contributed by atoms with E-state index in [0.29, 0.717) is 30.3 Å². The third-order valence-electron chi connectivity index (χ3n) is 6.37. The van der Waals surface area contributed by atoms with Gasteiger partial charge in [-0.1, -0.05) is 11.6 Å². The molecule has 2 saturated heterocycles. The molecule has 2 aromatic heterocycles. The number of nitrogens with one attached hydrogen (secondary N) is 3. The molecule has 2 amide bonds. The molecular formula is C23H22ClN5O4S. The molecule has 5 heterocycles. The van der Waals surface area contributed by atoms with E-state index in [2.05, 4.69) is 20.9 Å². The number of fused-ring (bicyclic) bond motifs is 2. The van der Waals surface area contributed by atoms with Gasteiger partial charge in [-0.2, -0.15) is 0 Å². The Kier molecular flexibility index (Phi) is 5.42. The number of rotatable bonds is 3. The van der Waals surface area contributed by atoms with Gasteiger partial charge < -0.3 is 25.4 Å². The third kappa shape index (κ3) is 3.71. The van der Waals surface area contributed by atoms with E-state index in [0.717, 1.165) is 44.9 Å². The molecule has 11 heteroatoms. The highest BCUT2D eigenvalue weighted by atomic mass is 35.5. The van der Waals surface area contributed by atoms with Gasteiger partial charge in [0.15, 0.2) is 12.5 Å². The van der Waals surface area contributed by atoms with Crippen molar-refractivity contribution in [2.45, 2.75) is 24.9 Å². The summed E-state index contributed by atoms with van der Waals surface area (Å²) in [5.74, 6) is 0.365. The maximum Gasteiger partial charge on any atom is 0.264 e. The van der Waals surface area contributed by atoms with Crippen molar-refractivity contribution >= 4 is 45.0 Å². The highest BCUT2D eigenvalue weighted by Crippen LogP contribution is 2.45. The van der Waals surface area contributed by atoms with E-state index in [1.807, 2.05) is 29.2 Å². The van der Waals surface area contributed by atoms with E-state index in [4.69, 9.17) is 16.3 Å². The van der Waals surface area contributed by atoms with Gasteiger partial charge in [-0.25, -0.2) is 0 Å². The first-order valence-electron chi connectivity index (χ1n) is 11.1. The lowest BCUT2D eigenvalue weighted by molar-refractivity contribution is -0.138. The molecule has 0 aliphatic carbocycles. The molecule has 9 nitrogen and oxygen atoms in total. The summed E-state index contributed by atoms with van der Waals surface area (Å²) in [6.07, 6.45) is 0.524. The van der Waals surface area contributed by atoms with Crippen molar-refractivity contribution in [1.29, 1.82) is 0 Å². The third-order valence-corrected chi connectivity index (χ3v) is 7.81. The SMILES string of the molecule is O=C1NC(O)NC1c1cc2nccc(-c3cc(Cl)cc4c3OC(C(=O)N3CCNCC3)C4)c2s1. The first kappa shape index (κ1) is 21.8. The highest BCUT2D eigenvalue weighted by Gasteiger charge is 2.36. The number of halogens is 1. The van der Waals surface area contributed by atoms with E-state index in [1.54, 1.807) is 6.20 Å². The highest BCUT2D eigenvalue weighted by molar-refractivity contribution is 7.19. The van der Waals surface area contributed by atoms with E-state index in [-0.39, 0.29) is 11.8 Å². The summed E-state index contributed by atoms with van der Waals surface area (Å²) >= 11 is 7.91. The Morgan fingerprint density at radius 1 is 1.24 bits per heavy atom. The van der Waals surface area contributed by atoms with Crippen LogP contribution in [0.3, 0.4) is 0 Å². The second-order valence-electron chi connectivity index (χ2n) is 8.56. The van der Waals surface area contributed by atoms with Crippen LogP contribution in [0, 0.1) is 0 Å². The van der Waals surface area contributed by atoms with Crippen LogP contribution in [0.4, 0.5) is 0 Å². The zero-order valence-corrected chi connectivity index (χ0v) is 19.6. The molecule has 0 saturated carbocycles. The molecular weight excluding hydrogens is 478 g/mol. The normalized spacial score (nSPS) is 24.2. The topological polar surface area (TPSA) is 116 Å². The Hall–Kier alpha value is -2.76. The fourth-order valence-electron chi connectivity index (χ4n) is 4.77. The number of hydrogen-bond acceptors (Lipinski definition) is 8. The van der Waals surface area contributed by atoms with Crippen LogP contribution in [0.25, 0.3) is 21.3 Å². The fraction of sp³-hybridized carbons (Fsp3) is 0.348. The number of thiophene rings is 1. The van der Waals surface area contributed by atoms with Crippen molar-refractivity contribution in [3.8, 4) is 16.9 Å². The zero-order valence-electron chi connectivity index (χ0n) is 18.0. The van der Waals surface area contributed by atoms with Crippen LogP contribution >= 0.6 is 22.9 Å². The summed E-state index contributed by atoms with van der Waals surface area (Å²) < 4.78 is 7.13.